The first-order valence-corrected chi connectivity index (χ1v) is 8.68. The summed E-state index contributed by atoms with van der Waals surface area (Å²) in [6.07, 6.45) is 0. The Kier molecular flexibility index (Phi) is 4.32. The summed E-state index contributed by atoms with van der Waals surface area (Å²) in [5.41, 5.74) is 0.451. The van der Waals surface area contributed by atoms with Gasteiger partial charge in [-0.1, -0.05) is 6.07 Å². The molecule has 0 unspecified atom stereocenters. The van der Waals surface area contributed by atoms with Gasteiger partial charge in [0.25, 0.3) is 0 Å². The average molecular weight is 370 g/mol. The zero-order valence-electron chi connectivity index (χ0n) is 13.5. The van der Waals surface area contributed by atoms with Crippen LogP contribution in [0.25, 0.3) is 10.6 Å². The number of benzene rings is 1. The smallest absolute Gasteiger partial charge is 0.313 e. The van der Waals surface area contributed by atoms with Crippen LogP contribution in [0.1, 0.15) is 5.76 Å². The normalized spacial score (nSPS) is 12.0. The van der Waals surface area contributed by atoms with Crippen LogP contribution in [-0.4, -0.2) is 18.6 Å². The number of furan rings is 1. The molecule has 26 heavy (non-hydrogen) atoms. The molecule has 0 spiro atoms. The van der Waals surface area contributed by atoms with Crippen molar-refractivity contribution in [1.82, 2.24) is 5.32 Å². The SMILES string of the molecule is O=C(NCc1ccc(-c2cccs2)o1)C(=O)Nc1ccc2c(c1)OCO2. The van der Waals surface area contributed by atoms with Gasteiger partial charge in [0.1, 0.15) is 11.5 Å². The van der Waals surface area contributed by atoms with Gasteiger partial charge in [-0.05, 0) is 35.7 Å². The Morgan fingerprint density at radius 3 is 2.77 bits per heavy atom. The van der Waals surface area contributed by atoms with Gasteiger partial charge in [0, 0.05) is 11.8 Å². The third-order valence-corrected chi connectivity index (χ3v) is 4.57. The molecule has 2 amide bonds. The highest BCUT2D eigenvalue weighted by atomic mass is 32.1. The maximum absolute atomic E-state index is 12.0. The van der Waals surface area contributed by atoms with Gasteiger partial charge < -0.3 is 24.5 Å². The van der Waals surface area contributed by atoms with Gasteiger partial charge in [0.05, 0.1) is 11.4 Å². The topological polar surface area (TPSA) is 89.8 Å². The third kappa shape index (κ3) is 3.40. The van der Waals surface area contributed by atoms with E-state index in [9.17, 15) is 9.59 Å². The summed E-state index contributed by atoms with van der Waals surface area (Å²) in [6, 6.07) is 12.4. The second-order valence-corrected chi connectivity index (χ2v) is 6.40. The molecule has 2 aromatic heterocycles. The van der Waals surface area contributed by atoms with Gasteiger partial charge in [0.2, 0.25) is 6.79 Å². The quantitative estimate of drug-likeness (QED) is 0.689. The zero-order valence-corrected chi connectivity index (χ0v) is 14.3. The number of anilines is 1. The molecule has 1 aliphatic rings. The van der Waals surface area contributed by atoms with Crippen LogP contribution in [0.4, 0.5) is 5.69 Å². The summed E-state index contributed by atoms with van der Waals surface area (Å²) < 4.78 is 16.1. The number of nitrogens with one attached hydrogen (secondary N) is 2. The van der Waals surface area contributed by atoms with Crippen molar-refractivity contribution in [3.05, 3.63) is 53.6 Å². The lowest BCUT2D eigenvalue weighted by atomic mass is 10.2. The number of ether oxygens (including phenoxy) is 2. The van der Waals surface area contributed by atoms with E-state index in [0.717, 1.165) is 10.6 Å². The molecule has 0 radical (unpaired) electrons. The summed E-state index contributed by atoms with van der Waals surface area (Å²) in [5.74, 6) is 0.907. The van der Waals surface area contributed by atoms with Crippen molar-refractivity contribution < 1.29 is 23.5 Å². The minimum Gasteiger partial charge on any atom is -0.458 e. The van der Waals surface area contributed by atoms with Crippen LogP contribution in [0.3, 0.4) is 0 Å². The number of carbonyl (C=O) groups is 2. The van der Waals surface area contributed by atoms with Crippen LogP contribution in [0, 0.1) is 0 Å². The molecule has 0 bridgehead atoms. The molecule has 4 rings (SSSR count). The van der Waals surface area contributed by atoms with Crippen LogP contribution in [0.2, 0.25) is 0 Å². The van der Waals surface area contributed by atoms with E-state index in [0.29, 0.717) is 22.9 Å². The maximum atomic E-state index is 12.0. The summed E-state index contributed by atoms with van der Waals surface area (Å²) in [6.45, 7) is 0.266. The first-order chi connectivity index (χ1) is 12.7. The first kappa shape index (κ1) is 16.2. The van der Waals surface area contributed by atoms with Gasteiger partial charge in [-0.3, -0.25) is 9.59 Å². The van der Waals surface area contributed by atoms with Crippen molar-refractivity contribution in [1.29, 1.82) is 0 Å². The van der Waals surface area contributed by atoms with Gasteiger partial charge in [-0.2, -0.15) is 0 Å². The number of thiophene rings is 1. The molecule has 2 N–H and O–H groups in total. The Morgan fingerprint density at radius 1 is 1.04 bits per heavy atom. The van der Waals surface area contributed by atoms with Crippen LogP contribution >= 0.6 is 11.3 Å². The molecule has 8 heteroatoms. The molecule has 3 heterocycles. The largest absolute Gasteiger partial charge is 0.458 e. The number of hydrogen-bond donors (Lipinski definition) is 2. The molecule has 7 nitrogen and oxygen atoms in total. The molecule has 1 aliphatic heterocycles. The highest BCUT2D eigenvalue weighted by molar-refractivity contribution is 7.13. The van der Waals surface area contributed by atoms with E-state index in [1.54, 1.807) is 35.6 Å². The molecule has 0 atom stereocenters. The predicted octanol–water partition coefficient (Wildman–Crippen LogP) is 2.99. The van der Waals surface area contributed by atoms with Crippen molar-refractivity contribution in [2.75, 3.05) is 12.1 Å². The zero-order chi connectivity index (χ0) is 17.9. The lowest BCUT2D eigenvalue weighted by Crippen LogP contribution is -2.34. The minimum atomic E-state index is -0.770. The van der Waals surface area contributed by atoms with Crippen molar-refractivity contribution in [3.63, 3.8) is 0 Å². The summed E-state index contributed by atoms with van der Waals surface area (Å²) in [7, 11) is 0. The van der Waals surface area contributed by atoms with Crippen LogP contribution in [-0.2, 0) is 16.1 Å². The number of rotatable bonds is 4. The second kappa shape index (κ2) is 6.93. The Hall–Kier alpha value is -3.26. The van der Waals surface area contributed by atoms with E-state index in [1.807, 2.05) is 23.6 Å². The van der Waals surface area contributed by atoms with Crippen molar-refractivity contribution in [2.24, 2.45) is 0 Å². The van der Waals surface area contributed by atoms with Gasteiger partial charge in [-0.25, -0.2) is 0 Å². The molecule has 0 saturated carbocycles. The Labute approximate surface area is 152 Å². The molecule has 0 fully saturated rings. The van der Waals surface area contributed by atoms with Gasteiger partial charge in [0.15, 0.2) is 11.5 Å². The summed E-state index contributed by atoms with van der Waals surface area (Å²) >= 11 is 1.56. The van der Waals surface area contributed by atoms with Crippen LogP contribution < -0.4 is 20.1 Å². The Bertz CT molecular complexity index is 948. The van der Waals surface area contributed by atoms with Crippen molar-refractivity contribution in [3.8, 4) is 22.1 Å². The van der Waals surface area contributed by atoms with E-state index in [-0.39, 0.29) is 13.3 Å². The standard InChI is InChI=1S/C18H14N2O5S/c21-17(18(22)20-11-3-5-13-15(8-11)24-10-23-13)19-9-12-4-6-14(25-12)16-2-1-7-26-16/h1-8H,9-10H2,(H,19,21)(H,20,22). The summed E-state index contributed by atoms with van der Waals surface area (Å²) in [5, 5.41) is 7.01. The third-order valence-electron chi connectivity index (χ3n) is 3.69. The average Bonchev–Trinajstić information content (AvgIpc) is 3.39. The lowest BCUT2D eigenvalue weighted by Gasteiger charge is -2.06. The molecule has 3 aromatic rings. The highest BCUT2D eigenvalue weighted by Gasteiger charge is 2.17. The summed E-state index contributed by atoms with van der Waals surface area (Å²) in [4.78, 5) is 25.0. The molecular weight excluding hydrogens is 356 g/mol. The molecule has 0 aliphatic carbocycles. The van der Waals surface area contributed by atoms with E-state index < -0.39 is 11.8 Å². The number of amides is 2. The minimum absolute atomic E-state index is 0.124. The van der Waals surface area contributed by atoms with Crippen molar-refractivity contribution >= 4 is 28.8 Å². The lowest BCUT2D eigenvalue weighted by molar-refractivity contribution is -0.136. The Morgan fingerprint density at radius 2 is 1.92 bits per heavy atom. The number of fused-ring (bicyclic) bond motifs is 1. The molecule has 132 valence electrons. The van der Waals surface area contributed by atoms with E-state index in [2.05, 4.69) is 10.6 Å². The fraction of sp³-hybridized carbons (Fsp3) is 0.111. The monoisotopic (exact) mass is 370 g/mol. The fourth-order valence-corrected chi connectivity index (χ4v) is 3.12. The van der Waals surface area contributed by atoms with E-state index in [4.69, 9.17) is 13.9 Å². The van der Waals surface area contributed by atoms with Crippen LogP contribution in [0.5, 0.6) is 11.5 Å². The number of hydrogen-bond acceptors (Lipinski definition) is 6. The van der Waals surface area contributed by atoms with E-state index >= 15 is 0 Å². The maximum Gasteiger partial charge on any atom is 0.313 e. The molecule has 1 aromatic carbocycles. The molecular formula is C18H14N2O5S. The van der Waals surface area contributed by atoms with Gasteiger partial charge >= 0.3 is 11.8 Å². The second-order valence-electron chi connectivity index (χ2n) is 5.45. The van der Waals surface area contributed by atoms with Crippen LogP contribution in [0.15, 0.2) is 52.3 Å². The highest BCUT2D eigenvalue weighted by Crippen LogP contribution is 2.34. The Balaban J connectivity index is 1.32. The predicted molar refractivity (Wildman–Crippen MR) is 95.1 cm³/mol. The molecule has 0 saturated heterocycles. The van der Waals surface area contributed by atoms with Gasteiger partial charge in [-0.15, -0.1) is 11.3 Å². The fourth-order valence-electron chi connectivity index (χ4n) is 2.43. The number of carbonyl (C=O) groups excluding carboxylic acids is 2. The van der Waals surface area contributed by atoms with E-state index in [1.165, 1.54) is 0 Å². The van der Waals surface area contributed by atoms with Crippen molar-refractivity contribution in [2.45, 2.75) is 6.54 Å². The first-order valence-electron chi connectivity index (χ1n) is 7.80.